The second-order valence-electron chi connectivity index (χ2n) is 6.62. The van der Waals surface area contributed by atoms with E-state index in [0.717, 1.165) is 17.7 Å². The van der Waals surface area contributed by atoms with E-state index < -0.39 is 12.1 Å². The molecule has 0 heterocycles. The van der Waals surface area contributed by atoms with Crippen LogP contribution in [-0.4, -0.2) is 32.0 Å². The van der Waals surface area contributed by atoms with Crippen LogP contribution in [-0.2, 0) is 16.0 Å². The van der Waals surface area contributed by atoms with Crippen molar-refractivity contribution in [3.63, 3.8) is 0 Å². The summed E-state index contributed by atoms with van der Waals surface area (Å²) < 4.78 is 5.22. The lowest BCUT2D eigenvalue weighted by molar-refractivity contribution is -0.141. The number of nitrogens with zero attached hydrogens (tertiary/aromatic N) is 2. The number of nitriles is 1. The lowest BCUT2D eigenvalue weighted by Crippen LogP contribution is -2.25. The Morgan fingerprint density at radius 3 is 2.21 bits per heavy atom. The second kappa shape index (κ2) is 9.52. The SMILES string of the molecule is CCc1ccc(C(=O)[C@@H](C)OC(=O)/C(C#N)=C/c2ccc(N(C)C)cc2)cc1. The molecule has 0 aliphatic heterocycles. The predicted octanol–water partition coefficient (Wildman–Crippen LogP) is 4.04. The molecular weight excluding hydrogens is 352 g/mol. The largest absolute Gasteiger partial charge is 0.450 e. The van der Waals surface area contributed by atoms with Gasteiger partial charge in [0.1, 0.15) is 11.6 Å². The number of aryl methyl sites for hydroxylation is 1. The van der Waals surface area contributed by atoms with Gasteiger partial charge in [-0.05, 0) is 42.7 Å². The molecule has 5 heteroatoms. The van der Waals surface area contributed by atoms with Gasteiger partial charge in [-0.1, -0.05) is 43.3 Å². The van der Waals surface area contributed by atoms with Crippen LogP contribution in [0, 0.1) is 11.3 Å². The molecular formula is C23H24N2O3. The van der Waals surface area contributed by atoms with Gasteiger partial charge in [-0.25, -0.2) is 4.79 Å². The van der Waals surface area contributed by atoms with Gasteiger partial charge in [0.05, 0.1) is 0 Å². The highest BCUT2D eigenvalue weighted by molar-refractivity contribution is 6.03. The Kier molecular flexibility index (Phi) is 7.11. The van der Waals surface area contributed by atoms with Crippen molar-refractivity contribution in [3.8, 4) is 6.07 Å². The van der Waals surface area contributed by atoms with Gasteiger partial charge < -0.3 is 9.64 Å². The summed E-state index contributed by atoms with van der Waals surface area (Å²) in [5, 5.41) is 9.31. The molecule has 0 aliphatic carbocycles. The van der Waals surface area contributed by atoms with Crippen LogP contribution in [0.5, 0.6) is 0 Å². The molecule has 0 aliphatic rings. The maximum Gasteiger partial charge on any atom is 0.349 e. The van der Waals surface area contributed by atoms with Crippen LogP contribution >= 0.6 is 0 Å². The average Bonchev–Trinajstić information content (AvgIpc) is 2.71. The van der Waals surface area contributed by atoms with Crippen LogP contribution in [0.3, 0.4) is 0 Å². The van der Waals surface area contributed by atoms with Gasteiger partial charge in [-0.2, -0.15) is 5.26 Å². The fourth-order valence-electron chi connectivity index (χ4n) is 2.59. The number of ether oxygens (including phenoxy) is 1. The normalized spacial score (nSPS) is 12.0. The van der Waals surface area contributed by atoms with Gasteiger partial charge >= 0.3 is 5.97 Å². The number of carbonyl (C=O) groups is 2. The third-order valence-electron chi connectivity index (χ3n) is 4.36. The number of esters is 1. The van der Waals surface area contributed by atoms with Gasteiger partial charge in [0.2, 0.25) is 5.78 Å². The molecule has 0 radical (unpaired) electrons. The highest BCUT2D eigenvalue weighted by atomic mass is 16.5. The van der Waals surface area contributed by atoms with Crippen molar-refractivity contribution in [1.29, 1.82) is 5.26 Å². The summed E-state index contributed by atoms with van der Waals surface area (Å²) in [7, 11) is 3.86. The monoisotopic (exact) mass is 376 g/mol. The van der Waals surface area contributed by atoms with Crippen molar-refractivity contribution < 1.29 is 14.3 Å². The Balaban J connectivity index is 2.09. The van der Waals surface area contributed by atoms with Crippen molar-refractivity contribution in [3.05, 3.63) is 70.8 Å². The molecule has 0 fully saturated rings. The van der Waals surface area contributed by atoms with Crippen LogP contribution in [0.2, 0.25) is 0 Å². The number of anilines is 1. The highest BCUT2D eigenvalue weighted by Gasteiger charge is 2.21. The molecule has 28 heavy (non-hydrogen) atoms. The zero-order valence-electron chi connectivity index (χ0n) is 16.6. The number of hydrogen-bond donors (Lipinski definition) is 0. The molecule has 0 spiro atoms. The Labute approximate surface area is 165 Å². The molecule has 5 nitrogen and oxygen atoms in total. The number of carbonyl (C=O) groups excluding carboxylic acids is 2. The Morgan fingerprint density at radius 2 is 1.71 bits per heavy atom. The standard InChI is InChI=1S/C23H24N2O3/c1-5-17-6-10-19(11-7-17)22(26)16(2)28-23(27)20(15-24)14-18-8-12-21(13-9-18)25(3)4/h6-14,16H,5H2,1-4H3/b20-14+/t16-/m1/s1. The maximum absolute atomic E-state index is 12.5. The third kappa shape index (κ3) is 5.31. The predicted molar refractivity (Wildman–Crippen MR) is 110 cm³/mol. The first-order valence-corrected chi connectivity index (χ1v) is 9.09. The van der Waals surface area contributed by atoms with Crippen molar-refractivity contribution in [2.24, 2.45) is 0 Å². The summed E-state index contributed by atoms with van der Waals surface area (Å²) >= 11 is 0. The summed E-state index contributed by atoms with van der Waals surface area (Å²) in [5.41, 5.74) is 3.15. The third-order valence-corrected chi connectivity index (χ3v) is 4.36. The summed E-state index contributed by atoms with van der Waals surface area (Å²) in [4.78, 5) is 26.7. The quantitative estimate of drug-likeness (QED) is 0.316. The van der Waals surface area contributed by atoms with E-state index in [-0.39, 0.29) is 11.4 Å². The first-order chi connectivity index (χ1) is 13.3. The molecule has 144 valence electrons. The zero-order chi connectivity index (χ0) is 20.7. The fraction of sp³-hybridized carbons (Fsp3) is 0.261. The van der Waals surface area contributed by atoms with Crippen molar-refractivity contribution in [1.82, 2.24) is 0 Å². The molecule has 0 bridgehead atoms. The van der Waals surface area contributed by atoms with Gasteiger partial charge in [-0.3, -0.25) is 4.79 Å². The van der Waals surface area contributed by atoms with Gasteiger partial charge in [0, 0.05) is 25.3 Å². The first kappa shape index (κ1) is 20.9. The number of ketones is 1. The van der Waals surface area contributed by atoms with E-state index in [0.29, 0.717) is 11.1 Å². The number of Topliss-reactive ketones (excluding diaryl/α,β-unsaturated/α-hetero) is 1. The van der Waals surface area contributed by atoms with Crippen LogP contribution in [0.1, 0.15) is 35.3 Å². The fourth-order valence-corrected chi connectivity index (χ4v) is 2.59. The molecule has 2 rings (SSSR count). The Morgan fingerprint density at radius 1 is 1.11 bits per heavy atom. The van der Waals surface area contributed by atoms with E-state index in [1.165, 1.54) is 13.0 Å². The van der Waals surface area contributed by atoms with Crippen molar-refractivity contribution in [2.45, 2.75) is 26.4 Å². The van der Waals surface area contributed by atoms with E-state index in [1.807, 2.05) is 68.4 Å². The summed E-state index contributed by atoms with van der Waals surface area (Å²) in [6.45, 7) is 3.54. The summed E-state index contributed by atoms with van der Waals surface area (Å²) in [6.07, 6.45) is 1.35. The smallest absolute Gasteiger partial charge is 0.349 e. The molecule has 2 aromatic rings. The average molecular weight is 376 g/mol. The van der Waals surface area contributed by atoms with Crippen LogP contribution in [0.4, 0.5) is 5.69 Å². The topological polar surface area (TPSA) is 70.4 Å². The molecule has 0 saturated carbocycles. The van der Waals surface area contributed by atoms with E-state index in [1.54, 1.807) is 12.1 Å². The van der Waals surface area contributed by atoms with E-state index in [9.17, 15) is 14.9 Å². The lowest BCUT2D eigenvalue weighted by atomic mass is 10.0. The van der Waals surface area contributed by atoms with E-state index in [2.05, 4.69) is 0 Å². The maximum atomic E-state index is 12.5. The van der Waals surface area contributed by atoms with Crippen molar-refractivity contribution >= 4 is 23.5 Å². The number of rotatable bonds is 7. The van der Waals surface area contributed by atoms with Crippen LogP contribution in [0.15, 0.2) is 54.1 Å². The van der Waals surface area contributed by atoms with Gasteiger partial charge in [0.15, 0.2) is 6.10 Å². The molecule has 0 aromatic heterocycles. The van der Waals surface area contributed by atoms with Gasteiger partial charge in [0.25, 0.3) is 0 Å². The van der Waals surface area contributed by atoms with Crippen LogP contribution in [0.25, 0.3) is 6.08 Å². The minimum Gasteiger partial charge on any atom is -0.450 e. The number of benzene rings is 2. The molecule has 0 N–H and O–H groups in total. The Hall–Kier alpha value is -3.39. The number of hydrogen-bond acceptors (Lipinski definition) is 5. The Bertz CT molecular complexity index is 904. The second-order valence-corrected chi connectivity index (χ2v) is 6.62. The molecule has 0 amide bonds. The van der Waals surface area contributed by atoms with E-state index in [4.69, 9.17) is 4.74 Å². The highest BCUT2D eigenvalue weighted by Crippen LogP contribution is 2.16. The molecule has 0 saturated heterocycles. The summed E-state index contributed by atoms with van der Waals surface area (Å²) in [6, 6.07) is 16.4. The lowest BCUT2D eigenvalue weighted by Gasteiger charge is -2.13. The minimum absolute atomic E-state index is 0.154. The van der Waals surface area contributed by atoms with Crippen molar-refractivity contribution in [2.75, 3.05) is 19.0 Å². The van der Waals surface area contributed by atoms with Crippen LogP contribution < -0.4 is 4.90 Å². The van der Waals surface area contributed by atoms with E-state index >= 15 is 0 Å². The zero-order valence-corrected chi connectivity index (χ0v) is 16.6. The first-order valence-electron chi connectivity index (χ1n) is 9.09. The molecule has 0 unspecified atom stereocenters. The van der Waals surface area contributed by atoms with Gasteiger partial charge in [-0.15, -0.1) is 0 Å². The molecule has 1 atom stereocenters. The summed E-state index contributed by atoms with van der Waals surface area (Å²) in [5.74, 6) is -1.12. The molecule has 2 aromatic carbocycles. The minimum atomic E-state index is -0.979.